The SMILES string of the molecule is COc1ccc(CCC(=O)N2CCCN(CC(=O)NCc3cccs3)CC2)cc1. The number of rotatable bonds is 8. The van der Waals surface area contributed by atoms with E-state index in [0.717, 1.165) is 48.7 Å². The number of thiophene rings is 1. The van der Waals surface area contributed by atoms with Crippen LogP contribution in [0.5, 0.6) is 5.75 Å². The zero-order valence-electron chi connectivity index (χ0n) is 16.9. The van der Waals surface area contributed by atoms with E-state index < -0.39 is 0 Å². The number of hydrogen-bond donors (Lipinski definition) is 1. The summed E-state index contributed by atoms with van der Waals surface area (Å²) in [7, 11) is 1.65. The lowest BCUT2D eigenvalue weighted by Crippen LogP contribution is -2.39. The van der Waals surface area contributed by atoms with Gasteiger partial charge in [-0.25, -0.2) is 0 Å². The van der Waals surface area contributed by atoms with Gasteiger partial charge in [0.05, 0.1) is 20.2 Å². The highest BCUT2D eigenvalue weighted by atomic mass is 32.1. The number of carbonyl (C=O) groups excluding carboxylic acids is 2. The number of amides is 2. The fourth-order valence-corrected chi connectivity index (χ4v) is 4.08. The maximum Gasteiger partial charge on any atom is 0.234 e. The van der Waals surface area contributed by atoms with Gasteiger partial charge in [0, 0.05) is 37.5 Å². The molecule has 1 aliphatic heterocycles. The molecule has 1 aromatic carbocycles. The van der Waals surface area contributed by atoms with Crippen LogP contribution >= 0.6 is 11.3 Å². The van der Waals surface area contributed by atoms with Crippen LogP contribution in [0.3, 0.4) is 0 Å². The van der Waals surface area contributed by atoms with Gasteiger partial charge in [0.1, 0.15) is 5.75 Å². The number of methoxy groups -OCH3 is 1. The summed E-state index contributed by atoms with van der Waals surface area (Å²) in [5.74, 6) is 1.05. The Hall–Kier alpha value is -2.38. The summed E-state index contributed by atoms with van der Waals surface area (Å²) in [4.78, 5) is 30.0. The molecule has 2 amide bonds. The van der Waals surface area contributed by atoms with E-state index in [1.54, 1.807) is 18.4 Å². The average molecular weight is 416 g/mol. The lowest BCUT2D eigenvalue weighted by Gasteiger charge is -2.22. The lowest BCUT2D eigenvalue weighted by atomic mass is 10.1. The first-order valence-corrected chi connectivity index (χ1v) is 10.9. The molecule has 1 aliphatic rings. The second-order valence-electron chi connectivity index (χ2n) is 7.21. The molecule has 0 atom stereocenters. The molecule has 156 valence electrons. The monoisotopic (exact) mass is 415 g/mol. The predicted octanol–water partition coefficient (Wildman–Crippen LogP) is 2.54. The Bertz CT molecular complexity index is 777. The van der Waals surface area contributed by atoms with Gasteiger partial charge in [-0.05, 0) is 42.0 Å². The van der Waals surface area contributed by atoms with Gasteiger partial charge in [0.15, 0.2) is 0 Å². The van der Waals surface area contributed by atoms with Gasteiger partial charge < -0.3 is 15.0 Å². The number of ether oxygens (including phenoxy) is 1. The Balaban J connectivity index is 1.38. The minimum atomic E-state index is 0.0395. The van der Waals surface area contributed by atoms with Crippen molar-refractivity contribution in [1.82, 2.24) is 15.1 Å². The molecule has 0 aliphatic carbocycles. The Kier molecular flexibility index (Phi) is 8.07. The third-order valence-electron chi connectivity index (χ3n) is 5.13. The molecule has 2 heterocycles. The normalized spacial score (nSPS) is 15.0. The molecule has 0 saturated carbocycles. The Labute approximate surface area is 176 Å². The summed E-state index contributed by atoms with van der Waals surface area (Å²) < 4.78 is 5.17. The van der Waals surface area contributed by atoms with Gasteiger partial charge in [-0.1, -0.05) is 18.2 Å². The van der Waals surface area contributed by atoms with Crippen molar-refractivity contribution in [3.8, 4) is 5.75 Å². The molecular weight excluding hydrogens is 386 g/mol. The number of aryl methyl sites for hydroxylation is 1. The third-order valence-corrected chi connectivity index (χ3v) is 6.01. The van der Waals surface area contributed by atoms with E-state index in [1.807, 2.05) is 46.7 Å². The molecule has 3 rings (SSSR count). The number of nitrogens with zero attached hydrogens (tertiary/aromatic N) is 2. The van der Waals surface area contributed by atoms with E-state index >= 15 is 0 Å². The molecule has 6 nitrogen and oxygen atoms in total. The molecule has 0 spiro atoms. The topological polar surface area (TPSA) is 61.9 Å². The number of hydrogen-bond acceptors (Lipinski definition) is 5. The molecule has 1 fully saturated rings. The van der Waals surface area contributed by atoms with Crippen molar-refractivity contribution in [1.29, 1.82) is 0 Å². The Morgan fingerprint density at radius 2 is 1.93 bits per heavy atom. The van der Waals surface area contributed by atoms with Gasteiger partial charge in [-0.3, -0.25) is 14.5 Å². The van der Waals surface area contributed by atoms with Crippen molar-refractivity contribution in [3.63, 3.8) is 0 Å². The number of nitrogens with one attached hydrogen (secondary N) is 1. The highest BCUT2D eigenvalue weighted by Crippen LogP contribution is 2.14. The Morgan fingerprint density at radius 3 is 2.66 bits per heavy atom. The fraction of sp³-hybridized carbons (Fsp3) is 0.455. The lowest BCUT2D eigenvalue weighted by molar-refractivity contribution is -0.131. The molecule has 0 bridgehead atoms. The maximum absolute atomic E-state index is 12.6. The first-order chi connectivity index (χ1) is 14.1. The standard InChI is InChI=1S/C22H29N3O3S/c1-28-19-8-5-18(6-9-19)7-10-22(27)25-12-3-11-24(13-14-25)17-21(26)23-16-20-4-2-15-29-20/h2,4-6,8-9,15H,3,7,10-14,16-17H2,1H3,(H,23,26). The van der Waals surface area contributed by atoms with Crippen LogP contribution in [0.4, 0.5) is 0 Å². The highest BCUT2D eigenvalue weighted by molar-refractivity contribution is 7.09. The minimum absolute atomic E-state index is 0.0395. The molecule has 2 aromatic rings. The predicted molar refractivity (Wildman–Crippen MR) is 115 cm³/mol. The number of carbonyl (C=O) groups is 2. The van der Waals surface area contributed by atoms with Crippen molar-refractivity contribution >= 4 is 23.2 Å². The molecule has 7 heteroatoms. The molecular formula is C22H29N3O3S. The van der Waals surface area contributed by atoms with Gasteiger partial charge in [0.25, 0.3) is 0 Å². The van der Waals surface area contributed by atoms with Gasteiger partial charge >= 0.3 is 0 Å². The van der Waals surface area contributed by atoms with E-state index in [9.17, 15) is 9.59 Å². The van der Waals surface area contributed by atoms with Crippen molar-refractivity contribution in [3.05, 3.63) is 52.2 Å². The summed E-state index contributed by atoms with van der Waals surface area (Å²) in [6.07, 6.45) is 2.13. The van der Waals surface area contributed by atoms with Crippen molar-refractivity contribution in [2.75, 3.05) is 39.8 Å². The van der Waals surface area contributed by atoms with Crippen LogP contribution in [0, 0.1) is 0 Å². The first-order valence-electron chi connectivity index (χ1n) is 10.1. The summed E-state index contributed by atoms with van der Waals surface area (Å²) in [6, 6.07) is 11.9. The van der Waals surface area contributed by atoms with E-state index in [4.69, 9.17) is 4.74 Å². The van der Waals surface area contributed by atoms with Crippen LogP contribution in [0.2, 0.25) is 0 Å². The zero-order chi connectivity index (χ0) is 20.5. The van der Waals surface area contributed by atoms with Gasteiger partial charge in [-0.15, -0.1) is 11.3 Å². The molecule has 0 radical (unpaired) electrons. The summed E-state index contributed by atoms with van der Waals surface area (Å²) in [5, 5.41) is 4.98. The maximum atomic E-state index is 12.6. The van der Waals surface area contributed by atoms with Crippen LogP contribution in [0.15, 0.2) is 41.8 Å². The van der Waals surface area contributed by atoms with E-state index in [1.165, 1.54) is 0 Å². The zero-order valence-corrected chi connectivity index (χ0v) is 17.7. The van der Waals surface area contributed by atoms with Gasteiger partial charge in [-0.2, -0.15) is 0 Å². The summed E-state index contributed by atoms with van der Waals surface area (Å²) >= 11 is 1.64. The van der Waals surface area contributed by atoms with E-state index in [2.05, 4.69) is 10.2 Å². The third kappa shape index (κ3) is 6.87. The van der Waals surface area contributed by atoms with Crippen LogP contribution < -0.4 is 10.1 Å². The second-order valence-corrected chi connectivity index (χ2v) is 8.25. The molecule has 1 saturated heterocycles. The van der Waals surface area contributed by atoms with Crippen molar-refractivity contribution in [2.45, 2.75) is 25.8 Å². The highest BCUT2D eigenvalue weighted by Gasteiger charge is 2.20. The van der Waals surface area contributed by atoms with Crippen LogP contribution in [0.25, 0.3) is 0 Å². The summed E-state index contributed by atoms with van der Waals surface area (Å²) in [5.41, 5.74) is 1.14. The quantitative estimate of drug-likeness (QED) is 0.720. The second kappa shape index (κ2) is 11.0. The van der Waals surface area contributed by atoms with Crippen molar-refractivity contribution < 1.29 is 14.3 Å². The smallest absolute Gasteiger partial charge is 0.234 e. The largest absolute Gasteiger partial charge is 0.497 e. The van der Waals surface area contributed by atoms with Crippen molar-refractivity contribution in [2.24, 2.45) is 0 Å². The van der Waals surface area contributed by atoms with E-state index in [-0.39, 0.29) is 11.8 Å². The molecule has 29 heavy (non-hydrogen) atoms. The number of benzene rings is 1. The molecule has 1 aromatic heterocycles. The van der Waals surface area contributed by atoms with Crippen LogP contribution in [-0.2, 0) is 22.6 Å². The fourth-order valence-electron chi connectivity index (χ4n) is 3.44. The average Bonchev–Trinajstić information content (AvgIpc) is 3.16. The summed E-state index contributed by atoms with van der Waals surface area (Å²) in [6.45, 7) is 3.99. The van der Waals surface area contributed by atoms with Crippen LogP contribution in [0.1, 0.15) is 23.3 Å². The first kappa shape index (κ1) is 21.3. The van der Waals surface area contributed by atoms with E-state index in [0.29, 0.717) is 26.1 Å². The van der Waals surface area contributed by atoms with Crippen LogP contribution in [-0.4, -0.2) is 61.4 Å². The molecule has 0 unspecified atom stereocenters. The van der Waals surface area contributed by atoms with Gasteiger partial charge in [0.2, 0.25) is 11.8 Å². The Morgan fingerprint density at radius 1 is 1.10 bits per heavy atom. The minimum Gasteiger partial charge on any atom is -0.497 e. The molecule has 1 N–H and O–H groups in total.